The Morgan fingerprint density at radius 1 is 0.633 bits per heavy atom. The summed E-state index contributed by atoms with van der Waals surface area (Å²) >= 11 is 0. The SMILES string of the molecule is CCC1CCC(C2CCC(CCC3CCC(c4ccc(F)c(F)c4)CC3)CC2)CC1. The van der Waals surface area contributed by atoms with E-state index in [-0.39, 0.29) is 0 Å². The summed E-state index contributed by atoms with van der Waals surface area (Å²) in [5.41, 5.74) is 0.999. The van der Waals surface area contributed by atoms with Crippen LogP contribution in [0.4, 0.5) is 8.78 Å². The lowest BCUT2D eigenvalue weighted by Gasteiger charge is -2.38. The smallest absolute Gasteiger partial charge is 0.159 e. The molecular weight excluding hydrogens is 374 g/mol. The van der Waals surface area contributed by atoms with Crippen molar-refractivity contribution in [3.8, 4) is 0 Å². The molecule has 30 heavy (non-hydrogen) atoms. The number of rotatable bonds is 6. The van der Waals surface area contributed by atoms with Gasteiger partial charge in [0.25, 0.3) is 0 Å². The largest absolute Gasteiger partial charge is 0.204 e. The highest BCUT2D eigenvalue weighted by atomic mass is 19.2. The first-order valence-corrected chi connectivity index (χ1v) is 13.1. The molecule has 0 spiro atoms. The summed E-state index contributed by atoms with van der Waals surface area (Å²) in [5, 5.41) is 0. The van der Waals surface area contributed by atoms with Crippen LogP contribution >= 0.6 is 0 Å². The van der Waals surface area contributed by atoms with Gasteiger partial charge in [-0.1, -0.05) is 57.9 Å². The van der Waals surface area contributed by atoms with Crippen LogP contribution in [0.1, 0.15) is 115 Å². The van der Waals surface area contributed by atoms with E-state index >= 15 is 0 Å². The molecule has 0 atom stereocenters. The number of benzene rings is 1. The van der Waals surface area contributed by atoms with Gasteiger partial charge in [0.05, 0.1) is 0 Å². The molecule has 0 heterocycles. The average Bonchev–Trinajstić information content (AvgIpc) is 2.80. The van der Waals surface area contributed by atoms with Crippen molar-refractivity contribution in [3.05, 3.63) is 35.4 Å². The third-order valence-electron chi connectivity index (χ3n) is 9.27. The molecule has 0 amide bonds. The van der Waals surface area contributed by atoms with Crippen LogP contribution in [0.15, 0.2) is 18.2 Å². The van der Waals surface area contributed by atoms with E-state index in [1.54, 1.807) is 6.07 Å². The lowest BCUT2D eigenvalue weighted by Crippen LogP contribution is -2.26. The van der Waals surface area contributed by atoms with Crippen molar-refractivity contribution in [1.29, 1.82) is 0 Å². The van der Waals surface area contributed by atoms with Crippen molar-refractivity contribution >= 4 is 0 Å². The molecular formula is C28H42F2. The van der Waals surface area contributed by atoms with E-state index in [1.165, 1.54) is 95.6 Å². The summed E-state index contributed by atoms with van der Waals surface area (Å²) in [7, 11) is 0. The Morgan fingerprint density at radius 2 is 1.13 bits per heavy atom. The number of hydrogen-bond acceptors (Lipinski definition) is 0. The molecule has 1 aromatic carbocycles. The third-order valence-corrected chi connectivity index (χ3v) is 9.27. The van der Waals surface area contributed by atoms with Crippen molar-refractivity contribution in [2.24, 2.45) is 29.6 Å². The lowest BCUT2D eigenvalue weighted by molar-refractivity contribution is 0.138. The van der Waals surface area contributed by atoms with Crippen LogP contribution in [0, 0.1) is 41.2 Å². The molecule has 3 saturated carbocycles. The average molecular weight is 417 g/mol. The predicted molar refractivity (Wildman–Crippen MR) is 121 cm³/mol. The maximum absolute atomic E-state index is 13.5. The van der Waals surface area contributed by atoms with Crippen LogP contribution in [-0.2, 0) is 0 Å². The minimum atomic E-state index is -0.726. The van der Waals surface area contributed by atoms with Gasteiger partial charge in [0, 0.05) is 0 Å². The van der Waals surface area contributed by atoms with Crippen LogP contribution in [0.3, 0.4) is 0 Å². The van der Waals surface area contributed by atoms with Gasteiger partial charge in [-0.15, -0.1) is 0 Å². The molecule has 0 aliphatic heterocycles. The standard InChI is InChI=1S/C28H42F2/c1-2-20-5-11-23(12-6-20)24-13-7-21(8-14-24)3-4-22-9-15-25(16-10-22)26-17-18-27(29)28(30)19-26/h17-25H,2-16H2,1H3. The van der Waals surface area contributed by atoms with Gasteiger partial charge in [-0.05, 0) is 105 Å². The minimum absolute atomic E-state index is 0.426. The van der Waals surface area contributed by atoms with Crippen molar-refractivity contribution < 1.29 is 8.78 Å². The normalized spacial score (nSPS) is 35.3. The zero-order valence-corrected chi connectivity index (χ0v) is 19.1. The van der Waals surface area contributed by atoms with E-state index in [9.17, 15) is 8.78 Å². The fourth-order valence-electron chi connectivity index (χ4n) is 7.04. The van der Waals surface area contributed by atoms with Crippen molar-refractivity contribution in [3.63, 3.8) is 0 Å². The van der Waals surface area contributed by atoms with E-state index in [0.29, 0.717) is 5.92 Å². The van der Waals surface area contributed by atoms with Crippen LogP contribution in [0.2, 0.25) is 0 Å². The van der Waals surface area contributed by atoms with Crippen molar-refractivity contribution in [2.75, 3.05) is 0 Å². The van der Waals surface area contributed by atoms with Gasteiger partial charge in [0.15, 0.2) is 11.6 Å². The summed E-state index contributed by atoms with van der Waals surface area (Å²) in [6.45, 7) is 2.37. The van der Waals surface area contributed by atoms with Gasteiger partial charge in [0.1, 0.15) is 0 Å². The molecule has 0 N–H and O–H groups in total. The Morgan fingerprint density at radius 3 is 1.63 bits per heavy atom. The Kier molecular flexibility index (Phi) is 7.87. The fraction of sp³-hybridized carbons (Fsp3) is 0.786. The molecule has 2 heteroatoms. The highest BCUT2D eigenvalue weighted by molar-refractivity contribution is 5.22. The molecule has 0 bridgehead atoms. The summed E-state index contributed by atoms with van der Waals surface area (Å²) in [4.78, 5) is 0. The quantitative estimate of drug-likeness (QED) is 0.434. The molecule has 4 rings (SSSR count). The molecule has 0 radical (unpaired) electrons. The molecule has 3 aliphatic carbocycles. The second-order valence-electron chi connectivity index (χ2n) is 10.9. The number of hydrogen-bond donors (Lipinski definition) is 0. The Bertz CT molecular complexity index is 645. The van der Waals surface area contributed by atoms with Crippen LogP contribution in [-0.4, -0.2) is 0 Å². The Labute approximate surface area is 183 Å². The van der Waals surface area contributed by atoms with Gasteiger partial charge in [-0.3, -0.25) is 0 Å². The first kappa shape index (κ1) is 22.3. The Hall–Kier alpha value is -0.920. The van der Waals surface area contributed by atoms with Crippen LogP contribution in [0.5, 0.6) is 0 Å². The van der Waals surface area contributed by atoms with E-state index < -0.39 is 11.6 Å². The van der Waals surface area contributed by atoms with Gasteiger partial charge in [-0.2, -0.15) is 0 Å². The first-order chi connectivity index (χ1) is 14.6. The molecule has 0 aromatic heterocycles. The molecule has 0 unspecified atom stereocenters. The maximum atomic E-state index is 13.5. The highest BCUT2D eigenvalue weighted by Crippen LogP contribution is 2.44. The minimum Gasteiger partial charge on any atom is -0.204 e. The van der Waals surface area contributed by atoms with E-state index in [4.69, 9.17) is 0 Å². The van der Waals surface area contributed by atoms with Crippen molar-refractivity contribution in [1.82, 2.24) is 0 Å². The topological polar surface area (TPSA) is 0 Å². The van der Waals surface area contributed by atoms with Gasteiger partial charge in [-0.25, -0.2) is 8.78 Å². The Balaban J connectivity index is 1.13. The summed E-state index contributed by atoms with van der Waals surface area (Å²) in [5.74, 6) is 3.93. The molecule has 0 nitrogen and oxygen atoms in total. The number of halogens is 2. The molecule has 0 saturated heterocycles. The van der Waals surface area contributed by atoms with Gasteiger partial charge in [0.2, 0.25) is 0 Å². The summed E-state index contributed by atoms with van der Waals surface area (Å²) in [6, 6.07) is 4.51. The van der Waals surface area contributed by atoms with E-state index in [0.717, 1.165) is 48.0 Å². The molecule has 3 aliphatic rings. The second kappa shape index (κ2) is 10.6. The molecule has 1 aromatic rings. The zero-order chi connectivity index (χ0) is 20.9. The highest BCUT2D eigenvalue weighted by Gasteiger charge is 2.31. The maximum Gasteiger partial charge on any atom is 0.159 e. The lowest BCUT2D eigenvalue weighted by atomic mass is 9.68. The molecule has 168 valence electrons. The summed E-state index contributed by atoms with van der Waals surface area (Å²) < 4.78 is 26.7. The fourth-order valence-corrected chi connectivity index (χ4v) is 7.04. The second-order valence-corrected chi connectivity index (χ2v) is 10.9. The third kappa shape index (κ3) is 5.65. The van der Waals surface area contributed by atoms with Crippen LogP contribution < -0.4 is 0 Å². The van der Waals surface area contributed by atoms with Gasteiger partial charge < -0.3 is 0 Å². The predicted octanol–water partition coefficient (Wildman–Crippen LogP) is 9.04. The van der Waals surface area contributed by atoms with Crippen molar-refractivity contribution in [2.45, 2.75) is 109 Å². The van der Waals surface area contributed by atoms with E-state index in [1.807, 2.05) is 0 Å². The zero-order valence-electron chi connectivity index (χ0n) is 19.1. The van der Waals surface area contributed by atoms with E-state index in [2.05, 4.69) is 6.92 Å². The van der Waals surface area contributed by atoms with Crippen LogP contribution in [0.25, 0.3) is 0 Å². The first-order valence-electron chi connectivity index (χ1n) is 13.1. The van der Waals surface area contributed by atoms with Gasteiger partial charge >= 0.3 is 0 Å². The molecule has 3 fully saturated rings. The monoisotopic (exact) mass is 416 g/mol. The summed E-state index contributed by atoms with van der Waals surface area (Å²) in [6.07, 6.45) is 21.0.